The summed E-state index contributed by atoms with van der Waals surface area (Å²) >= 11 is 0. The van der Waals surface area contributed by atoms with Gasteiger partial charge in [0.05, 0.1) is 18.3 Å². The third kappa shape index (κ3) is 4.43. The molecular formula is C27H22F3NO8. The van der Waals surface area contributed by atoms with E-state index >= 15 is 0 Å². The number of likely N-dealkylation sites (tertiary alicyclic amines) is 1. The molecule has 3 aliphatic carbocycles. The van der Waals surface area contributed by atoms with Gasteiger partial charge in [0, 0.05) is 34.7 Å². The largest absolute Gasteiger partial charge is 0.573 e. The number of carbonyl (C=O) groups is 5. The van der Waals surface area contributed by atoms with E-state index < -0.39 is 77.3 Å². The Balaban J connectivity index is 1.64. The number of benzene rings is 1. The Bertz CT molecular complexity index is 1440. The summed E-state index contributed by atoms with van der Waals surface area (Å²) in [6.45, 7) is 1.11. The minimum Gasteiger partial charge on any atom is -0.508 e. The molecule has 1 aromatic carbocycles. The summed E-state index contributed by atoms with van der Waals surface area (Å²) in [5.41, 5.74) is 0.482. The number of allylic oxidation sites excluding steroid dienone is 6. The van der Waals surface area contributed by atoms with E-state index in [1.165, 1.54) is 6.92 Å². The van der Waals surface area contributed by atoms with Crippen molar-refractivity contribution in [2.75, 3.05) is 6.54 Å². The number of hydrogen-bond acceptors (Lipinski definition) is 7. The molecular weight excluding hydrogens is 523 g/mol. The lowest BCUT2D eigenvalue weighted by Gasteiger charge is -2.42. The average Bonchev–Trinajstić information content (AvgIpc) is 3.09. The van der Waals surface area contributed by atoms with Crippen molar-refractivity contribution >= 4 is 29.4 Å². The summed E-state index contributed by atoms with van der Waals surface area (Å²) < 4.78 is 42.9. The molecule has 0 bridgehead atoms. The first-order valence-corrected chi connectivity index (χ1v) is 12.1. The number of carboxylic acid groups (broad SMARTS) is 1. The quantitative estimate of drug-likeness (QED) is 0.327. The number of alkyl halides is 3. The van der Waals surface area contributed by atoms with Crippen LogP contribution in [0, 0.1) is 17.8 Å². The topological polar surface area (TPSA) is 138 Å². The molecule has 204 valence electrons. The zero-order chi connectivity index (χ0) is 28.4. The molecule has 2 N–H and O–H groups in total. The third-order valence-electron chi connectivity index (χ3n) is 7.75. The number of phenols is 1. The second-order valence-corrected chi connectivity index (χ2v) is 9.97. The van der Waals surface area contributed by atoms with Gasteiger partial charge < -0.3 is 14.9 Å². The van der Waals surface area contributed by atoms with E-state index in [4.69, 9.17) is 5.11 Å². The number of Topliss-reactive ketones (excluding diaryl/α,β-unsaturated/α-hetero) is 1. The first kappa shape index (κ1) is 26.4. The van der Waals surface area contributed by atoms with Gasteiger partial charge in [-0.2, -0.15) is 0 Å². The Morgan fingerprint density at radius 3 is 2.51 bits per heavy atom. The van der Waals surface area contributed by atoms with Crippen LogP contribution in [-0.4, -0.2) is 57.4 Å². The molecule has 0 saturated carbocycles. The number of amides is 2. The highest BCUT2D eigenvalue weighted by Crippen LogP contribution is 2.56. The van der Waals surface area contributed by atoms with Gasteiger partial charge in [-0.3, -0.25) is 28.9 Å². The van der Waals surface area contributed by atoms with Crippen LogP contribution < -0.4 is 4.74 Å². The van der Waals surface area contributed by atoms with Crippen LogP contribution in [0.4, 0.5) is 13.2 Å². The van der Waals surface area contributed by atoms with E-state index in [9.17, 15) is 42.3 Å². The van der Waals surface area contributed by atoms with E-state index in [0.29, 0.717) is 5.57 Å². The van der Waals surface area contributed by atoms with Gasteiger partial charge in [-0.25, -0.2) is 0 Å². The molecule has 5 rings (SSSR count). The average molecular weight is 545 g/mol. The van der Waals surface area contributed by atoms with Crippen LogP contribution >= 0.6 is 0 Å². The zero-order valence-electron chi connectivity index (χ0n) is 20.4. The number of aliphatic carboxylic acids is 1. The van der Waals surface area contributed by atoms with Crippen molar-refractivity contribution in [1.82, 2.24) is 4.90 Å². The van der Waals surface area contributed by atoms with Gasteiger partial charge in [0.1, 0.15) is 11.5 Å². The summed E-state index contributed by atoms with van der Waals surface area (Å²) in [6.07, 6.45) is -2.71. The standard InChI is InChI=1S/C27H22F3NO8/c1-11-8-19(33)17-10-15-13(3-4-14-22(15)26(38)31(25(14)37)7-6-20(34)35)21(23(17)24(11)36)16-9-12(2-5-18(16)32)39-27(28,29)30/h2-3,5,8-9,14-15,21-22,32H,4,6-7,10H2,1H3,(H,34,35). The lowest BCUT2D eigenvalue weighted by Crippen LogP contribution is -2.40. The smallest absolute Gasteiger partial charge is 0.508 e. The number of nitrogens with zero attached hydrogens (tertiary/aromatic N) is 1. The molecule has 1 aromatic rings. The molecule has 4 aliphatic rings. The van der Waals surface area contributed by atoms with Crippen LogP contribution in [0.2, 0.25) is 0 Å². The van der Waals surface area contributed by atoms with Crippen LogP contribution in [0.3, 0.4) is 0 Å². The number of aromatic hydroxyl groups is 1. The minimum absolute atomic E-state index is 0.0000792. The fraction of sp³-hybridized carbons (Fsp3) is 0.370. The molecule has 0 radical (unpaired) electrons. The van der Waals surface area contributed by atoms with Crippen LogP contribution in [0.5, 0.6) is 11.5 Å². The first-order valence-electron chi connectivity index (χ1n) is 12.1. The van der Waals surface area contributed by atoms with Gasteiger partial charge in [0.2, 0.25) is 11.8 Å². The van der Waals surface area contributed by atoms with Crippen molar-refractivity contribution in [2.24, 2.45) is 17.8 Å². The van der Waals surface area contributed by atoms with Gasteiger partial charge in [0.15, 0.2) is 11.6 Å². The lowest BCUT2D eigenvalue weighted by molar-refractivity contribution is -0.274. The van der Waals surface area contributed by atoms with Gasteiger partial charge in [-0.15, -0.1) is 13.2 Å². The third-order valence-corrected chi connectivity index (χ3v) is 7.75. The minimum atomic E-state index is -5.03. The van der Waals surface area contributed by atoms with Crippen molar-refractivity contribution < 1.29 is 52.1 Å². The predicted molar refractivity (Wildman–Crippen MR) is 125 cm³/mol. The number of ketones is 2. The Hall–Kier alpha value is -4.22. The maximum atomic E-state index is 13.4. The fourth-order valence-corrected chi connectivity index (χ4v) is 6.17. The molecule has 1 fully saturated rings. The number of halogens is 3. The zero-order valence-corrected chi connectivity index (χ0v) is 20.4. The number of ether oxygens (including phenoxy) is 1. The van der Waals surface area contributed by atoms with E-state index in [2.05, 4.69) is 4.74 Å². The van der Waals surface area contributed by atoms with Gasteiger partial charge in [0.25, 0.3) is 0 Å². The molecule has 2 amide bonds. The van der Waals surface area contributed by atoms with E-state index in [-0.39, 0.29) is 41.7 Å². The Morgan fingerprint density at radius 1 is 1.13 bits per heavy atom. The second kappa shape index (κ2) is 9.21. The number of hydrogen-bond donors (Lipinski definition) is 2. The van der Waals surface area contributed by atoms with Crippen molar-refractivity contribution in [3.05, 3.63) is 58.2 Å². The van der Waals surface area contributed by atoms with Crippen LogP contribution in [0.1, 0.15) is 37.7 Å². The van der Waals surface area contributed by atoms with Crippen molar-refractivity contribution in [1.29, 1.82) is 0 Å². The number of rotatable bonds is 5. The van der Waals surface area contributed by atoms with Crippen molar-refractivity contribution in [2.45, 2.75) is 38.5 Å². The molecule has 12 heteroatoms. The summed E-state index contributed by atoms with van der Waals surface area (Å²) in [5, 5.41) is 19.8. The highest BCUT2D eigenvalue weighted by atomic mass is 19.4. The molecule has 9 nitrogen and oxygen atoms in total. The highest BCUT2D eigenvalue weighted by Gasteiger charge is 2.56. The number of carboxylic acids is 1. The number of imide groups is 1. The Kier molecular flexibility index (Phi) is 6.23. The SMILES string of the molecule is CC1=CC(=O)C2=C(C1=O)C(c1cc(OC(F)(F)F)ccc1O)C1=CCC3C(=O)N(CCC(=O)O)C(=O)C3C1C2. The number of phenolic OH excluding ortho intramolecular Hbond substituents is 1. The van der Waals surface area contributed by atoms with E-state index in [0.717, 1.165) is 29.2 Å². The van der Waals surface area contributed by atoms with Crippen molar-refractivity contribution in [3.63, 3.8) is 0 Å². The normalized spacial score (nSPS) is 26.6. The molecule has 1 heterocycles. The van der Waals surface area contributed by atoms with Gasteiger partial charge in [-0.1, -0.05) is 11.6 Å². The van der Waals surface area contributed by atoms with Crippen LogP contribution in [0.15, 0.2) is 52.6 Å². The number of carbonyl (C=O) groups excluding carboxylic acids is 4. The van der Waals surface area contributed by atoms with Crippen LogP contribution in [-0.2, 0) is 24.0 Å². The monoisotopic (exact) mass is 545 g/mol. The molecule has 4 unspecified atom stereocenters. The molecule has 1 saturated heterocycles. The molecule has 0 spiro atoms. The van der Waals surface area contributed by atoms with Crippen LogP contribution in [0.25, 0.3) is 0 Å². The Morgan fingerprint density at radius 2 is 1.85 bits per heavy atom. The highest BCUT2D eigenvalue weighted by molar-refractivity contribution is 6.24. The van der Waals surface area contributed by atoms with Crippen molar-refractivity contribution in [3.8, 4) is 11.5 Å². The van der Waals surface area contributed by atoms with Gasteiger partial charge in [-0.05, 0) is 50.0 Å². The fourth-order valence-electron chi connectivity index (χ4n) is 6.17. The summed E-state index contributed by atoms with van der Waals surface area (Å²) in [5.74, 6) is -8.20. The maximum Gasteiger partial charge on any atom is 0.573 e. The summed E-state index contributed by atoms with van der Waals surface area (Å²) in [6, 6.07) is 2.84. The molecule has 39 heavy (non-hydrogen) atoms. The van der Waals surface area contributed by atoms with E-state index in [1.54, 1.807) is 6.08 Å². The summed E-state index contributed by atoms with van der Waals surface area (Å²) in [4.78, 5) is 64.8. The molecule has 0 aromatic heterocycles. The summed E-state index contributed by atoms with van der Waals surface area (Å²) in [7, 11) is 0. The predicted octanol–water partition coefficient (Wildman–Crippen LogP) is 3.20. The Labute approximate surface area is 219 Å². The number of fused-ring (bicyclic) bond motifs is 3. The van der Waals surface area contributed by atoms with E-state index in [1.807, 2.05) is 0 Å². The molecule has 4 atom stereocenters. The first-order chi connectivity index (χ1) is 18.3. The lowest BCUT2D eigenvalue weighted by atomic mass is 9.59. The maximum absolute atomic E-state index is 13.4. The second-order valence-electron chi connectivity index (χ2n) is 9.97. The van der Waals surface area contributed by atoms with Gasteiger partial charge >= 0.3 is 12.3 Å². The molecule has 1 aliphatic heterocycles.